The Labute approximate surface area is 128 Å². The van der Waals surface area contributed by atoms with Gasteiger partial charge in [-0.25, -0.2) is 0 Å². The molecule has 1 aromatic rings. The van der Waals surface area contributed by atoms with Crippen LogP contribution in [0.1, 0.15) is 26.3 Å². The number of carbonyl (C=O) groups is 1. The van der Waals surface area contributed by atoms with E-state index in [1.54, 1.807) is 13.0 Å². The van der Waals surface area contributed by atoms with E-state index >= 15 is 0 Å². The minimum atomic E-state index is -0.492. The second-order valence-corrected chi connectivity index (χ2v) is 5.24. The Morgan fingerprint density at radius 1 is 1.48 bits per heavy atom. The molecule has 0 heterocycles. The SMILES string of the molecule is CCOC(=O)CN(Cc1ccc([N+](=O)[O-])cc1Cl)C(C)C. The first-order valence-corrected chi connectivity index (χ1v) is 7.05. The molecule has 0 bridgehead atoms. The van der Waals surface area contributed by atoms with Gasteiger partial charge in [0.1, 0.15) is 0 Å². The molecule has 7 heteroatoms. The van der Waals surface area contributed by atoms with Crippen molar-refractivity contribution in [3.63, 3.8) is 0 Å². The van der Waals surface area contributed by atoms with Gasteiger partial charge in [0.25, 0.3) is 5.69 Å². The lowest BCUT2D eigenvalue weighted by atomic mass is 10.1. The predicted octanol–water partition coefficient (Wildman–Crippen LogP) is 3.02. The summed E-state index contributed by atoms with van der Waals surface area (Å²) < 4.78 is 4.94. The number of hydrogen-bond acceptors (Lipinski definition) is 5. The molecule has 0 saturated carbocycles. The minimum absolute atomic E-state index is 0.0507. The molecule has 1 aromatic carbocycles. The van der Waals surface area contributed by atoms with Crippen LogP contribution < -0.4 is 0 Å². The number of non-ortho nitro benzene ring substituents is 1. The third-order valence-corrected chi connectivity index (χ3v) is 3.34. The van der Waals surface area contributed by atoms with E-state index < -0.39 is 4.92 Å². The van der Waals surface area contributed by atoms with Gasteiger partial charge in [0.05, 0.1) is 23.1 Å². The lowest BCUT2D eigenvalue weighted by molar-refractivity contribution is -0.384. The van der Waals surface area contributed by atoms with E-state index in [1.165, 1.54) is 12.1 Å². The average Bonchev–Trinajstić information content (AvgIpc) is 2.39. The van der Waals surface area contributed by atoms with E-state index in [2.05, 4.69) is 0 Å². The Kier molecular flexibility index (Phi) is 6.58. The standard InChI is InChI=1S/C14H19ClN2O4/c1-4-21-14(18)9-16(10(2)3)8-11-5-6-12(17(19)20)7-13(11)15/h5-7,10H,4,8-9H2,1-3H3. The maximum Gasteiger partial charge on any atom is 0.320 e. The Morgan fingerprint density at radius 2 is 2.14 bits per heavy atom. The number of ether oxygens (including phenoxy) is 1. The molecule has 0 radical (unpaired) electrons. The summed E-state index contributed by atoms with van der Waals surface area (Å²) in [5.41, 5.74) is 0.686. The molecule has 0 aliphatic carbocycles. The highest BCUT2D eigenvalue weighted by Gasteiger charge is 2.18. The zero-order valence-electron chi connectivity index (χ0n) is 12.3. The second-order valence-electron chi connectivity index (χ2n) is 4.84. The number of halogens is 1. The van der Waals surface area contributed by atoms with E-state index in [0.29, 0.717) is 18.2 Å². The van der Waals surface area contributed by atoms with Crippen molar-refractivity contribution < 1.29 is 14.5 Å². The summed E-state index contributed by atoms with van der Waals surface area (Å²) in [6, 6.07) is 4.45. The van der Waals surface area contributed by atoms with Gasteiger partial charge in [0.2, 0.25) is 0 Å². The highest BCUT2D eigenvalue weighted by molar-refractivity contribution is 6.31. The third kappa shape index (κ3) is 5.32. The first-order chi connectivity index (χ1) is 9.85. The molecule has 0 atom stereocenters. The number of nitrogens with zero attached hydrogens (tertiary/aromatic N) is 2. The van der Waals surface area contributed by atoms with Crippen LogP contribution in [0.25, 0.3) is 0 Å². The summed E-state index contributed by atoms with van der Waals surface area (Å²) in [6.45, 7) is 6.58. The predicted molar refractivity (Wildman–Crippen MR) is 80.3 cm³/mol. The molecule has 6 nitrogen and oxygen atoms in total. The molecule has 21 heavy (non-hydrogen) atoms. The zero-order valence-corrected chi connectivity index (χ0v) is 13.1. The van der Waals surface area contributed by atoms with Crippen LogP contribution >= 0.6 is 11.6 Å². The number of rotatable bonds is 7. The Morgan fingerprint density at radius 3 is 2.62 bits per heavy atom. The van der Waals surface area contributed by atoms with Crippen LogP contribution in [-0.4, -0.2) is 35.0 Å². The fourth-order valence-electron chi connectivity index (χ4n) is 1.79. The second kappa shape index (κ2) is 7.95. The summed E-state index contributed by atoms with van der Waals surface area (Å²) >= 11 is 6.07. The van der Waals surface area contributed by atoms with Gasteiger partial charge in [-0.15, -0.1) is 0 Å². The van der Waals surface area contributed by atoms with Crippen molar-refractivity contribution in [1.82, 2.24) is 4.90 Å². The van der Waals surface area contributed by atoms with Gasteiger partial charge in [0.15, 0.2) is 0 Å². The zero-order chi connectivity index (χ0) is 16.0. The van der Waals surface area contributed by atoms with Crippen molar-refractivity contribution in [3.8, 4) is 0 Å². The number of benzene rings is 1. The Bertz CT molecular complexity index is 520. The van der Waals surface area contributed by atoms with Crippen molar-refractivity contribution in [2.24, 2.45) is 0 Å². The Hall–Kier alpha value is -1.66. The fraction of sp³-hybridized carbons (Fsp3) is 0.500. The molecule has 1 rings (SSSR count). The quantitative estimate of drug-likeness (QED) is 0.439. The van der Waals surface area contributed by atoms with Crippen LogP contribution in [0, 0.1) is 10.1 Å². The average molecular weight is 315 g/mol. The monoisotopic (exact) mass is 314 g/mol. The van der Waals surface area contributed by atoms with Crippen LogP contribution in [0.3, 0.4) is 0 Å². The van der Waals surface area contributed by atoms with E-state index in [0.717, 1.165) is 5.56 Å². The van der Waals surface area contributed by atoms with Crippen molar-refractivity contribution in [2.75, 3.05) is 13.2 Å². The van der Waals surface area contributed by atoms with Crippen LogP contribution in [0.4, 0.5) is 5.69 Å². The van der Waals surface area contributed by atoms with Crippen molar-refractivity contribution in [1.29, 1.82) is 0 Å². The molecular weight excluding hydrogens is 296 g/mol. The maximum absolute atomic E-state index is 11.6. The third-order valence-electron chi connectivity index (χ3n) is 2.99. The van der Waals surface area contributed by atoms with E-state index in [-0.39, 0.29) is 24.2 Å². The van der Waals surface area contributed by atoms with Crippen LogP contribution in [0.15, 0.2) is 18.2 Å². The highest BCUT2D eigenvalue weighted by Crippen LogP contribution is 2.24. The molecule has 0 aromatic heterocycles. The van der Waals surface area contributed by atoms with Crippen molar-refractivity contribution in [2.45, 2.75) is 33.4 Å². The van der Waals surface area contributed by atoms with Gasteiger partial charge in [0, 0.05) is 24.7 Å². The normalized spacial score (nSPS) is 11.0. The van der Waals surface area contributed by atoms with Gasteiger partial charge >= 0.3 is 5.97 Å². The van der Waals surface area contributed by atoms with E-state index in [1.807, 2.05) is 18.7 Å². The first-order valence-electron chi connectivity index (χ1n) is 6.67. The molecule has 0 amide bonds. The minimum Gasteiger partial charge on any atom is -0.465 e. The number of nitro groups is 1. The van der Waals surface area contributed by atoms with Crippen LogP contribution in [-0.2, 0) is 16.1 Å². The number of carbonyl (C=O) groups excluding carboxylic acids is 1. The molecule has 0 fully saturated rings. The highest BCUT2D eigenvalue weighted by atomic mass is 35.5. The van der Waals surface area contributed by atoms with Crippen LogP contribution in [0.5, 0.6) is 0 Å². The molecule has 0 aliphatic rings. The van der Waals surface area contributed by atoms with Crippen molar-refractivity contribution in [3.05, 3.63) is 38.9 Å². The smallest absolute Gasteiger partial charge is 0.320 e. The fourth-order valence-corrected chi connectivity index (χ4v) is 2.02. The summed E-state index contributed by atoms with van der Waals surface area (Å²) in [5, 5.41) is 11.0. The summed E-state index contributed by atoms with van der Waals surface area (Å²) in [7, 11) is 0. The van der Waals surface area contributed by atoms with Crippen LogP contribution in [0.2, 0.25) is 5.02 Å². The topological polar surface area (TPSA) is 72.7 Å². The largest absolute Gasteiger partial charge is 0.465 e. The summed E-state index contributed by atoms with van der Waals surface area (Å²) in [5.74, 6) is -0.302. The molecular formula is C14H19ClN2O4. The molecule has 0 unspecified atom stereocenters. The van der Waals surface area contributed by atoms with Crippen molar-refractivity contribution >= 4 is 23.3 Å². The lowest BCUT2D eigenvalue weighted by Crippen LogP contribution is -2.36. The maximum atomic E-state index is 11.6. The van der Waals surface area contributed by atoms with Gasteiger partial charge in [-0.05, 0) is 32.4 Å². The molecule has 116 valence electrons. The number of hydrogen-bond donors (Lipinski definition) is 0. The summed E-state index contributed by atoms with van der Waals surface area (Å²) in [4.78, 5) is 23.7. The number of esters is 1. The molecule has 0 spiro atoms. The van der Waals surface area contributed by atoms with Gasteiger partial charge < -0.3 is 4.74 Å². The van der Waals surface area contributed by atoms with Gasteiger partial charge in [-0.2, -0.15) is 0 Å². The van der Waals surface area contributed by atoms with E-state index in [9.17, 15) is 14.9 Å². The van der Waals surface area contributed by atoms with E-state index in [4.69, 9.17) is 16.3 Å². The number of nitro benzene ring substituents is 1. The Balaban J connectivity index is 2.84. The first kappa shape index (κ1) is 17.4. The molecule has 0 saturated heterocycles. The van der Waals surface area contributed by atoms with Gasteiger partial charge in [-0.3, -0.25) is 19.8 Å². The summed E-state index contributed by atoms with van der Waals surface area (Å²) in [6.07, 6.45) is 0. The lowest BCUT2D eigenvalue weighted by Gasteiger charge is -2.25. The molecule has 0 N–H and O–H groups in total. The molecule has 0 aliphatic heterocycles. The van der Waals surface area contributed by atoms with Gasteiger partial charge in [-0.1, -0.05) is 11.6 Å².